The second kappa shape index (κ2) is 11.6. The van der Waals surface area contributed by atoms with Crippen LogP contribution in [0.5, 0.6) is 0 Å². The van der Waals surface area contributed by atoms with Crippen LogP contribution in [0.1, 0.15) is 55.7 Å². The van der Waals surface area contributed by atoms with E-state index in [-0.39, 0.29) is 42.6 Å². The number of hydrogen-bond acceptors (Lipinski definition) is 3. The maximum absolute atomic E-state index is 12.4. The molecule has 0 heterocycles. The van der Waals surface area contributed by atoms with E-state index in [0.717, 1.165) is 42.5 Å². The Labute approximate surface area is 178 Å². The van der Waals surface area contributed by atoms with E-state index < -0.39 is 0 Å². The van der Waals surface area contributed by atoms with Crippen LogP contribution in [-0.2, 0) is 16.1 Å². The second-order valence-corrected chi connectivity index (χ2v) is 7.52. The highest BCUT2D eigenvalue weighted by Gasteiger charge is 2.21. The second-order valence-electron chi connectivity index (χ2n) is 7.52. The van der Waals surface area contributed by atoms with Gasteiger partial charge in [0.05, 0.1) is 0 Å². The van der Waals surface area contributed by atoms with Gasteiger partial charge in [-0.1, -0.05) is 61.7 Å². The van der Waals surface area contributed by atoms with Gasteiger partial charge in [-0.3, -0.25) is 9.59 Å². The molecule has 1 saturated carbocycles. The normalized spacial score (nSPS) is 15.1. The Morgan fingerprint density at radius 1 is 1.00 bits per heavy atom. The zero-order valence-electron chi connectivity index (χ0n) is 16.6. The van der Waals surface area contributed by atoms with Crippen molar-refractivity contribution in [3.8, 4) is 0 Å². The summed E-state index contributed by atoms with van der Waals surface area (Å²) in [7, 11) is 0. The molecule has 0 aliphatic heterocycles. The lowest BCUT2D eigenvalue weighted by Crippen LogP contribution is -2.27. The van der Waals surface area contributed by atoms with Crippen molar-refractivity contribution in [1.82, 2.24) is 5.32 Å². The summed E-state index contributed by atoms with van der Waals surface area (Å²) >= 11 is 0. The Hall–Kier alpha value is -2.37. The van der Waals surface area contributed by atoms with E-state index in [1.807, 2.05) is 54.6 Å². The molecule has 29 heavy (non-hydrogen) atoms. The minimum Gasteiger partial charge on any atom is -0.352 e. The summed E-state index contributed by atoms with van der Waals surface area (Å²) in [5.41, 5.74) is 8.78. The van der Waals surface area contributed by atoms with Gasteiger partial charge in [0, 0.05) is 30.6 Å². The SMILES string of the molecule is Cl.NC(CC(=O)NCc1cccc(NC(=O)C2CCCCC2)c1)c1ccccc1. The number of anilines is 1. The van der Waals surface area contributed by atoms with Gasteiger partial charge < -0.3 is 16.4 Å². The van der Waals surface area contributed by atoms with Gasteiger partial charge >= 0.3 is 0 Å². The summed E-state index contributed by atoms with van der Waals surface area (Å²) in [4.78, 5) is 24.6. The van der Waals surface area contributed by atoms with Crippen molar-refractivity contribution in [3.05, 3.63) is 65.7 Å². The number of amides is 2. The number of nitrogens with one attached hydrogen (secondary N) is 2. The van der Waals surface area contributed by atoms with Crippen molar-refractivity contribution in [2.75, 3.05) is 5.32 Å². The van der Waals surface area contributed by atoms with Crippen LogP contribution in [0, 0.1) is 5.92 Å². The van der Waals surface area contributed by atoms with Gasteiger partial charge in [-0.05, 0) is 36.1 Å². The number of carbonyl (C=O) groups excluding carboxylic acids is 2. The molecule has 1 aliphatic rings. The molecule has 0 radical (unpaired) electrons. The summed E-state index contributed by atoms with van der Waals surface area (Å²) in [6, 6.07) is 16.9. The fourth-order valence-corrected chi connectivity index (χ4v) is 3.66. The Bertz CT molecular complexity index is 792. The Kier molecular flexibility index (Phi) is 9.16. The number of carbonyl (C=O) groups is 2. The predicted octanol–water partition coefficient (Wildman–Crippen LogP) is 4.33. The fraction of sp³-hybridized carbons (Fsp3) is 0.391. The molecule has 2 aromatic carbocycles. The Morgan fingerprint density at radius 2 is 1.72 bits per heavy atom. The van der Waals surface area contributed by atoms with Crippen molar-refractivity contribution in [2.45, 2.75) is 51.1 Å². The van der Waals surface area contributed by atoms with Crippen LogP contribution in [-0.4, -0.2) is 11.8 Å². The van der Waals surface area contributed by atoms with Crippen LogP contribution in [0.2, 0.25) is 0 Å². The monoisotopic (exact) mass is 415 g/mol. The number of nitrogens with two attached hydrogens (primary N) is 1. The number of rotatable bonds is 7. The molecule has 4 N–H and O–H groups in total. The van der Waals surface area contributed by atoms with Crippen LogP contribution in [0.15, 0.2) is 54.6 Å². The molecule has 5 nitrogen and oxygen atoms in total. The zero-order valence-corrected chi connectivity index (χ0v) is 17.4. The first-order chi connectivity index (χ1) is 13.6. The highest BCUT2D eigenvalue weighted by atomic mass is 35.5. The lowest BCUT2D eigenvalue weighted by molar-refractivity contribution is -0.122. The molecular weight excluding hydrogens is 386 g/mol. The molecule has 2 aromatic rings. The van der Waals surface area contributed by atoms with Crippen LogP contribution < -0.4 is 16.4 Å². The lowest BCUT2D eigenvalue weighted by atomic mass is 9.88. The van der Waals surface area contributed by atoms with Gasteiger partial charge in [-0.2, -0.15) is 0 Å². The van der Waals surface area contributed by atoms with E-state index in [1.165, 1.54) is 6.42 Å². The number of hydrogen-bond donors (Lipinski definition) is 3. The molecule has 1 aliphatic carbocycles. The topological polar surface area (TPSA) is 84.2 Å². The molecule has 2 amide bonds. The van der Waals surface area contributed by atoms with Crippen LogP contribution in [0.3, 0.4) is 0 Å². The predicted molar refractivity (Wildman–Crippen MR) is 119 cm³/mol. The first-order valence-corrected chi connectivity index (χ1v) is 10.1. The Morgan fingerprint density at radius 3 is 2.45 bits per heavy atom. The summed E-state index contributed by atoms with van der Waals surface area (Å²) < 4.78 is 0. The summed E-state index contributed by atoms with van der Waals surface area (Å²) in [6.07, 6.45) is 5.69. The van der Waals surface area contributed by atoms with Gasteiger partial charge in [-0.15, -0.1) is 12.4 Å². The Balaban J connectivity index is 0.00000300. The van der Waals surface area contributed by atoms with E-state index in [2.05, 4.69) is 10.6 Å². The minimum absolute atomic E-state index is 0. The molecule has 0 bridgehead atoms. The van der Waals surface area contributed by atoms with Crippen molar-refractivity contribution >= 4 is 29.9 Å². The first kappa shape index (κ1) is 22.9. The van der Waals surface area contributed by atoms with Crippen molar-refractivity contribution in [1.29, 1.82) is 0 Å². The molecule has 1 unspecified atom stereocenters. The van der Waals surface area contributed by atoms with Crippen LogP contribution in [0.25, 0.3) is 0 Å². The fourth-order valence-electron chi connectivity index (χ4n) is 3.66. The largest absolute Gasteiger partial charge is 0.352 e. The highest BCUT2D eigenvalue weighted by molar-refractivity contribution is 5.92. The van der Waals surface area contributed by atoms with Gasteiger partial charge in [0.1, 0.15) is 0 Å². The third-order valence-corrected chi connectivity index (χ3v) is 5.29. The summed E-state index contributed by atoms with van der Waals surface area (Å²) in [5, 5.41) is 5.93. The number of halogens is 1. The molecule has 0 aromatic heterocycles. The van der Waals surface area contributed by atoms with E-state index in [0.29, 0.717) is 6.54 Å². The first-order valence-electron chi connectivity index (χ1n) is 10.1. The average molecular weight is 416 g/mol. The minimum atomic E-state index is -0.317. The van der Waals surface area contributed by atoms with E-state index in [1.54, 1.807) is 0 Å². The van der Waals surface area contributed by atoms with E-state index >= 15 is 0 Å². The smallest absolute Gasteiger partial charge is 0.227 e. The van der Waals surface area contributed by atoms with E-state index in [4.69, 9.17) is 5.73 Å². The summed E-state index contributed by atoms with van der Waals surface area (Å²) in [5.74, 6) is 0.138. The van der Waals surface area contributed by atoms with Crippen LogP contribution in [0.4, 0.5) is 5.69 Å². The molecule has 0 saturated heterocycles. The standard InChI is InChI=1S/C23H29N3O2.ClH/c24-21(18-9-3-1-4-10-18)15-22(27)25-16-17-8-7-13-20(14-17)26-23(28)19-11-5-2-6-12-19;/h1,3-4,7-10,13-14,19,21H,2,5-6,11-12,15-16,24H2,(H,25,27)(H,26,28);1H. The molecule has 156 valence electrons. The molecule has 6 heteroatoms. The highest BCUT2D eigenvalue weighted by Crippen LogP contribution is 2.25. The van der Waals surface area contributed by atoms with Gasteiger partial charge in [0.15, 0.2) is 0 Å². The van der Waals surface area contributed by atoms with Crippen LogP contribution >= 0.6 is 12.4 Å². The van der Waals surface area contributed by atoms with Gasteiger partial charge in [0.25, 0.3) is 0 Å². The molecule has 0 spiro atoms. The summed E-state index contributed by atoms with van der Waals surface area (Å²) in [6.45, 7) is 0.410. The van der Waals surface area contributed by atoms with Crippen molar-refractivity contribution in [3.63, 3.8) is 0 Å². The molecular formula is C23H30ClN3O2. The molecule has 1 atom stereocenters. The van der Waals surface area contributed by atoms with E-state index in [9.17, 15) is 9.59 Å². The third-order valence-electron chi connectivity index (χ3n) is 5.29. The molecule has 3 rings (SSSR count). The maximum atomic E-state index is 12.4. The third kappa shape index (κ3) is 7.18. The average Bonchev–Trinajstić information content (AvgIpc) is 2.74. The lowest BCUT2D eigenvalue weighted by Gasteiger charge is -2.21. The maximum Gasteiger partial charge on any atom is 0.227 e. The van der Waals surface area contributed by atoms with Crippen molar-refractivity contribution in [2.24, 2.45) is 11.7 Å². The molecule has 1 fully saturated rings. The van der Waals surface area contributed by atoms with Gasteiger partial charge in [-0.25, -0.2) is 0 Å². The zero-order chi connectivity index (χ0) is 19.8. The van der Waals surface area contributed by atoms with Gasteiger partial charge in [0.2, 0.25) is 11.8 Å². The number of benzene rings is 2. The van der Waals surface area contributed by atoms with Crippen molar-refractivity contribution < 1.29 is 9.59 Å². The quantitative estimate of drug-likeness (QED) is 0.629.